The van der Waals surface area contributed by atoms with Gasteiger partial charge in [0.25, 0.3) is 5.91 Å². The summed E-state index contributed by atoms with van der Waals surface area (Å²) in [6.07, 6.45) is 1.61. The first-order chi connectivity index (χ1) is 11.0. The molecule has 2 aromatic heterocycles. The number of amides is 1. The summed E-state index contributed by atoms with van der Waals surface area (Å²) in [5, 5.41) is 10.1. The Kier molecular flexibility index (Phi) is 4.58. The van der Waals surface area contributed by atoms with Crippen molar-refractivity contribution in [2.45, 2.75) is 6.54 Å². The predicted molar refractivity (Wildman–Crippen MR) is 95.5 cm³/mol. The number of hydrogen-bond donors (Lipinski definition) is 2. The van der Waals surface area contributed by atoms with Gasteiger partial charge in [0.15, 0.2) is 11.3 Å². The van der Waals surface area contributed by atoms with Gasteiger partial charge in [0, 0.05) is 21.3 Å². The molecule has 3 aromatic rings. The van der Waals surface area contributed by atoms with Crippen LogP contribution in [-0.2, 0) is 6.54 Å². The number of pyridine rings is 1. The first-order valence-electron chi connectivity index (χ1n) is 6.61. The minimum atomic E-state index is -0.540. The van der Waals surface area contributed by atoms with Crippen molar-refractivity contribution in [1.82, 2.24) is 20.5 Å². The topological polar surface area (TPSA) is 87.7 Å². The molecule has 2 heterocycles. The van der Waals surface area contributed by atoms with Crippen LogP contribution in [-0.4, -0.2) is 21.1 Å². The maximum Gasteiger partial charge on any atom is 0.276 e. The molecule has 0 bridgehead atoms. The number of nitrogens with one attached hydrogen (secondary N) is 2. The third-order valence-electron chi connectivity index (χ3n) is 3.17. The van der Waals surface area contributed by atoms with Crippen molar-refractivity contribution in [3.05, 3.63) is 66.6 Å². The third-order valence-corrected chi connectivity index (χ3v) is 4.01. The Hall–Kier alpha value is -2.00. The number of hydrogen-bond acceptors (Lipinski definition) is 4. The molecule has 0 aliphatic heterocycles. The van der Waals surface area contributed by atoms with Gasteiger partial charge < -0.3 is 5.32 Å². The summed E-state index contributed by atoms with van der Waals surface area (Å²) in [6.45, 7) is 0.278. The maximum atomic E-state index is 12.4. The lowest BCUT2D eigenvalue weighted by molar-refractivity contribution is 0.0944. The van der Waals surface area contributed by atoms with E-state index >= 15 is 0 Å². The number of halogens is 2. The Morgan fingerprint density at radius 3 is 2.78 bits per heavy atom. The number of carbonyl (C=O) groups excluding carboxylic acids is 1. The highest BCUT2D eigenvalue weighted by Gasteiger charge is 2.15. The second-order valence-electron chi connectivity index (χ2n) is 4.76. The Balaban J connectivity index is 1.84. The number of fused-ring (bicyclic) bond motifs is 1. The molecule has 3 rings (SSSR count). The zero-order valence-electron chi connectivity index (χ0n) is 11.6. The molecule has 0 fully saturated rings. The number of benzene rings is 1. The van der Waals surface area contributed by atoms with E-state index < -0.39 is 11.3 Å². The van der Waals surface area contributed by atoms with Crippen LogP contribution in [0, 0.1) is 3.57 Å². The molecule has 23 heavy (non-hydrogen) atoms. The molecule has 6 nitrogen and oxygen atoms in total. The number of carbonyl (C=O) groups is 1. The highest BCUT2D eigenvalue weighted by atomic mass is 127. The molecular formula is C15H10ClIN4O2. The summed E-state index contributed by atoms with van der Waals surface area (Å²) >= 11 is 7.86. The number of H-pyrrole nitrogens is 1. The minimum Gasteiger partial charge on any atom is -0.346 e. The van der Waals surface area contributed by atoms with Gasteiger partial charge in [-0.3, -0.25) is 14.7 Å². The fourth-order valence-corrected chi connectivity index (χ4v) is 2.59. The first-order valence-corrected chi connectivity index (χ1v) is 8.07. The molecule has 2 N–H and O–H groups in total. The van der Waals surface area contributed by atoms with Crippen LogP contribution >= 0.6 is 34.2 Å². The third kappa shape index (κ3) is 3.50. The van der Waals surface area contributed by atoms with Gasteiger partial charge in [0.1, 0.15) is 0 Å². The molecule has 1 amide bonds. The molecular weight excluding hydrogens is 431 g/mol. The Morgan fingerprint density at radius 2 is 2.04 bits per heavy atom. The molecule has 0 aliphatic rings. The normalized spacial score (nSPS) is 10.7. The maximum absolute atomic E-state index is 12.4. The van der Waals surface area contributed by atoms with Crippen LogP contribution in [0.4, 0.5) is 0 Å². The minimum absolute atomic E-state index is 0.185. The molecule has 0 saturated carbocycles. The molecule has 1 aromatic carbocycles. The summed E-state index contributed by atoms with van der Waals surface area (Å²) in [4.78, 5) is 28.6. The Bertz CT molecular complexity index is 940. The average Bonchev–Trinajstić information content (AvgIpc) is 2.55. The molecule has 0 atom stereocenters. The quantitative estimate of drug-likeness (QED) is 0.613. The zero-order valence-corrected chi connectivity index (χ0v) is 14.6. The van der Waals surface area contributed by atoms with Crippen molar-refractivity contribution in [3.8, 4) is 0 Å². The van der Waals surface area contributed by atoms with Gasteiger partial charge in [0.05, 0.1) is 5.39 Å². The largest absolute Gasteiger partial charge is 0.346 e. The van der Waals surface area contributed by atoms with Crippen LogP contribution in [0.2, 0.25) is 5.02 Å². The second-order valence-corrected chi connectivity index (χ2v) is 6.44. The van der Waals surface area contributed by atoms with Crippen LogP contribution < -0.4 is 10.7 Å². The van der Waals surface area contributed by atoms with Crippen molar-refractivity contribution in [2.75, 3.05) is 0 Å². The van der Waals surface area contributed by atoms with E-state index in [2.05, 4.69) is 43.1 Å². The molecule has 0 aliphatic carbocycles. The van der Waals surface area contributed by atoms with Gasteiger partial charge in [-0.05, 0) is 46.4 Å². The van der Waals surface area contributed by atoms with Crippen molar-refractivity contribution in [1.29, 1.82) is 0 Å². The number of aromatic nitrogens is 3. The summed E-state index contributed by atoms with van der Waals surface area (Å²) in [7, 11) is 0. The van der Waals surface area contributed by atoms with E-state index in [0.717, 1.165) is 9.13 Å². The first kappa shape index (κ1) is 15.9. The Morgan fingerprint density at radius 1 is 1.30 bits per heavy atom. The van der Waals surface area contributed by atoms with Gasteiger partial charge in [-0.25, -0.2) is 4.98 Å². The van der Waals surface area contributed by atoms with Crippen LogP contribution in [0.1, 0.15) is 16.1 Å². The van der Waals surface area contributed by atoms with Gasteiger partial charge >= 0.3 is 0 Å². The van der Waals surface area contributed by atoms with E-state index in [9.17, 15) is 9.59 Å². The Labute approximate surface area is 149 Å². The van der Waals surface area contributed by atoms with Crippen LogP contribution in [0.5, 0.6) is 0 Å². The van der Waals surface area contributed by atoms with Crippen molar-refractivity contribution in [2.24, 2.45) is 0 Å². The summed E-state index contributed by atoms with van der Waals surface area (Å²) in [6, 6.07) is 8.73. The highest BCUT2D eigenvalue weighted by molar-refractivity contribution is 14.1. The second kappa shape index (κ2) is 6.63. The van der Waals surface area contributed by atoms with Gasteiger partial charge in [-0.15, -0.1) is 0 Å². The van der Waals surface area contributed by atoms with Crippen molar-refractivity contribution < 1.29 is 4.79 Å². The number of rotatable bonds is 3. The van der Waals surface area contributed by atoms with E-state index in [1.54, 1.807) is 36.5 Å². The lowest BCUT2D eigenvalue weighted by Gasteiger charge is -2.05. The van der Waals surface area contributed by atoms with Gasteiger partial charge in [-0.1, -0.05) is 23.7 Å². The zero-order chi connectivity index (χ0) is 16.4. The summed E-state index contributed by atoms with van der Waals surface area (Å²) < 4.78 is 0.805. The van der Waals surface area contributed by atoms with Gasteiger partial charge in [0.2, 0.25) is 5.43 Å². The SMILES string of the molecule is O=C(NCc1ccc(Cl)cc1)c1n[nH]c2ncc(I)cc2c1=O. The molecule has 0 saturated heterocycles. The smallest absolute Gasteiger partial charge is 0.276 e. The van der Waals surface area contributed by atoms with E-state index in [-0.39, 0.29) is 12.2 Å². The summed E-state index contributed by atoms with van der Waals surface area (Å²) in [5.41, 5.74) is 0.592. The summed E-state index contributed by atoms with van der Waals surface area (Å²) in [5.74, 6) is -0.540. The number of aromatic amines is 1. The fraction of sp³-hybridized carbons (Fsp3) is 0.0667. The molecule has 0 spiro atoms. The fourth-order valence-electron chi connectivity index (χ4n) is 2.01. The molecule has 0 radical (unpaired) electrons. The molecule has 8 heteroatoms. The van der Waals surface area contributed by atoms with Crippen molar-refractivity contribution >= 4 is 51.1 Å². The van der Waals surface area contributed by atoms with Crippen LogP contribution in [0.25, 0.3) is 11.0 Å². The van der Waals surface area contributed by atoms with Crippen LogP contribution in [0.15, 0.2) is 41.3 Å². The predicted octanol–water partition coefficient (Wildman–Crippen LogP) is 2.51. The van der Waals surface area contributed by atoms with E-state index in [0.29, 0.717) is 16.1 Å². The lowest BCUT2D eigenvalue weighted by atomic mass is 10.2. The van der Waals surface area contributed by atoms with E-state index in [1.165, 1.54) is 0 Å². The van der Waals surface area contributed by atoms with E-state index in [4.69, 9.17) is 11.6 Å². The van der Waals surface area contributed by atoms with Crippen molar-refractivity contribution in [3.63, 3.8) is 0 Å². The number of nitrogens with zero attached hydrogens (tertiary/aromatic N) is 2. The average molecular weight is 441 g/mol. The van der Waals surface area contributed by atoms with E-state index in [1.807, 2.05) is 0 Å². The lowest BCUT2D eigenvalue weighted by Crippen LogP contribution is -2.30. The standard InChI is InChI=1S/C15H10ClIN4O2/c16-9-3-1-8(2-4-9)6-19-15(23)12-13(22)11-5-10(17)7-18-14(11)21-20-12/h1-5,7H,6H2,(H,19,23)(H,18,21,22). The monoisotopic (exact) mass is 440 g/mol. The van der Waals surface area contributed by atoms with Crippen LogP contribution in [0.3, 0.4) is 0 Å². The van der Waals surface area contributed by atoms with Gasteiger partial charge in [-0.2, -0.15) is 5.10 Å². The molecule has 116 valence electrons. The molecule has 0 unspecified atom stereocenters. The highest BCUT2D eigenvalue weighted by Crippen LogP contribution is 2.10.